The third-order valence-electron chi connectivity index (χ3n) is 6.82. The van der Waals surface area contributed by atoms with Crippen molar-refractivity contribution >= 4 is 34.8 Å². The topological polar surface area (TPSA) is 120 Å². The van der Waals surface area contributed by atoms with Gasteiger partial charge >= 0.3 is 6.18 Å². The molecule has 0 bridgehead atoms. The predicted molar refractivity (Wildman–Crippen MR) is 142 cm³/mol. The first-order valence-corrected chi connectivity index (χ1v) is 13.4. The Morgan fingerprint density at radius 2 is 1.84 bits per heavy atom. The number of aromatic nitrogens is 6. The van der Waals surface area contributed by atoms with E-state index in [9.17, 15) is 32.2 Å². The lowest BCUT2D eigenvalue weighted by Gasteiger charge is -2.44. The van der Waals surface area contributed by atoms with Crippen LogP contribution in [0.4, 0.5) is 22.0 Å². The van der Waals surface area contributed by atoms with Crippen molar-refractivity contribution in [2.45, 2.75) is 49.7 Å². The second-order valence-corrected chi connectivity index (χ2v) is 10.7. The Kier molecular flexibility index (Phi) is 8.70. The van der Waals surface area contributed by atoms with E-state index in [4.69, 9.17) is 44.3 Å². The molecule has 0 spiro atoms. The minimum Gasteiger partial charge on any atom is -0.391 e. The van der Waals surface area contributed by atoms with Crippen molar-refractivity contribution in [2.24, 2.45) is 0 Å². The molecule has 6 atom stereocenters. The van der Waals surface area contributed by atoms with Gasteiger partial charge in [-0.25, -0.2) is 18.4 Å². The minimum atomic E-state index is -4.95. The van der Waals surface area contributed by atoms with Crippen molar-refractivity contribution in [1.82, 2.24) is 29.5 Å². The molecule has 43 heavy (non-hydrogen) atoms. The van der Waals surface area contributed by atoms with Crippen LogP contribution in [0.3, 0.4) is 0 Å². The average Bonchev–Trinajstić information content (AvgIpc) is 3.57. The summed E-state index contributed by atoms with van der Waals surface area (Å²) in [6.07, 6.45) is -8.55. The van der Waals surface area contributed by atoms with E-state index in [2.05, 4.69) is 20.2 Å². The number of pyridine rings is 1. The molecule has 1 aliphatic rings. The van der Waals surface area contributed by atoms with E-state index >= 15 is 0 Å². The van der Waals surface area contributed by atoms with E-state index in [1.165, 1.54) is 37.2 Å². The Morgan fingerprint density at radius 1 is 1.12 bits per heavy atom. The van der Waals surface area contributed by atoms with Crippen molar-refractivity contribution in [1.29, 1.82) is 0 Å². The molecule has 0 radical (unpaired) electrons. The Morgan fingerprint density at radius 3 is 2.49 bits per heavy atom. The molecule has 3 aromatic heterocycles. The van der Waals surface area contributed by atoms with Crippen molar-refractivity contribution in [3.63, 3.8) is 0 Å². The summed E-state index contributed by atoms with van der Waals surface area (Å²) in [4.78, 5) is 7.40. The van der Waals surface area contributed by atoms with Crippen molar-refractivity contribution in [3.05, 3.63) is 75.3 Å². The van der Waals surface area contributed by atoms with Crippen LogP contribution in [0.1, 0.15) is 30.6 Å². The molecule has 0 aliphatic carbocycles. The minimum absolute atomic E-state index is 0.0952. The molecule has 0 amide bonds. The van der Waals surface area contributed by atoms with Crippen LogP contribution < -0.4 is 0 Å². The Balaban J connectivity index is 1.63. The molecule has 1 aromatic carbocycles. The summed E-state index contributed by atoms with van der Waals surface area (Å²) in [6.45, 7) is 1.36. The number of methoxy groups -OCH3 is 1. The van der Waals surface area contributed by atoms with Crippen molar-refractivity contribution in [3.8, 4) is 16.8 Å². The highest BCUT2D eigenvalue weighted by Gasteiger charge is 2.51. The Labute approximate surface area is 254 Å². The second kappa shape index (κ2) is 11.9. The lowest BCUT2D eigenvalue weighted by atomic mass is 9.89. The molecule has 230 valence electrons. The first-order valence-electron chi connectivity index (χ1n) is 12.3. The van der Waals surface area contributed by atoms with Gasteiger partial charge < -0.3 is 19.7 Å². The number of ether oxygens (including phenoxy) is 2. The summed E-state index contributed by atoms with van der Waals surface area (Å²) in [5.74, 6) is -2.90. The van der Waals surface area contributed by atoms with Crippen LogP contribution in [0.15, 0.2) is 36.8 Å². The highest BCUT2D eigenvalue weighted by atomic mass is 35.5. The lowest BCUT2D eigenvalue weighted by Crippen LogP contribution is -2.56. The van der Waals surface area contributed by atoms with Gasteiger partial charge in [0.1, 0.15) is 30.5 Å². The van der Waals surface area contributed by atoms with E-state index in [0.29, 0.717) is 4.68 Å². The van der Waals surface area contributed by atoms with Gasteiger partial charge in [-0.1, -0.05) is 23.2 Å². The molecule has 1 aliphatic heterocycles. The molecule has 4 unspecified atom stereocenters. The van der Waals surface area contributed by atoms with Crippen LogP contribution >= 0.6 is 34.8 Å². The maximum Gasteiger partial charge on any atom is 0.435 e. The van der Waals surface area contributed by atoms with Crippen LogP contribution in [0.2, 0.25) is 15.3 Å². The molecule has 0 saturated carbocycles. The summed E-state index contributed by atoms with van der Waals surface area (Å²) in [6, 6.07) is 2.10. The largest absolute Gasteiger partial charge is 0.435 e. The van der Waals surface area contributed by atoms with Crippen LogP contribution in [0.25, 0.3) is 16.8 Å². The van der Waals surface area contributed by atoms with Crippen LogP contribution in [0.5, 0.6) is 0 Å². The fourth-order valence-electron chi connectivity index (χ4n) is 4.93. The SMILES string of the molecule is CO[C@H]1C(C(C)O)O[C@@H](c2nc(Cl)nn2-c2cc(Cl)cnc2C(F)(F)F)C(O)C1n1cc(-c2ccc(Cl)c(F)c2F)cn1. The van der Waals surface area contributed by atoms with E-state index in [-0.39, 0.29) is 16.1 Å². The number of hydrogen-bond donors (Lipinski definition) is 2. The van der Waals surface area contributed by atoms with Crippen molar-refractivity contribution < 1.29 is 41.6 Å². The molecular formula is C25H20Cl3F5N6O4. The van der Waals surface area contributed by atoms with Crippen LogP contribution in [0, 0.1) is 11.6 Å². The second-order valence-electron chi connectivity index (χ2n) is 9.55. The Hall–Kier alpha value is -2.92. The van der Waals surface area contributed by atoms with E-state index in [1.807, 2.05) is 0 Å². The lowest BCUT2D eigenvalue weighted by molar-refractivity contribution is -0.230. The maximum atomic E-state index is 14.7. The van der Waals surface area contributed by atoms with Gasteiger partial charge in [-0.3, -0.25) is 4.68 Å². The first kappa shape index (κ1) is 31.5. The van der Waals surface area contributed by atoms with Gasteiger partial charge in [0.15, 0.2) is 23.2 Å². The number of halogens is 8. The Bertz CT molecular complexity index is 1650. The number of alkyl halides is 3. The number of aliphatic hydroxyl groups is 2. The fraction of sp³-hybridized carbons (Fsp3) is 0.360. The summed E-state index contributed by atoms with van der Waals surface area (Å²) < 4.78 is 83.9. The third kappa shape index (κ3) is 5.82. The van der Waals surface area contributed by atoms with Crippen molar-refractivity contribution in [2.75, 3.05) is 7.11 Å². The van der Waals surface area contributed by atoms with E-state index in [1.54, 1.807) is 0 Å². The van der Waals surface area contributed by atoms with Gasteiger partial charge in [-0.05, 0) is 36.7 Å². The number of hydrogen-bond acceptors (Lipinski definition) is 8. The quantitative estimate of drug-likeness (QED) is 0.212. The van der Waals surface area contributed by atoms with E-state index in [0.717, 1.165) is 18.3 Å². The summed E-state index contributed by atoms with van der Waals surface area (Å²) in [5.41, 5.74) is -2.13. The monoisotopic (exact) mass is 668 g/mol. The van der Waals surface area contributed by atoms with Crippen LogP contribution in [-0.2, 0) is 15.7 Å². The molecular weight excluding hydrogens is 650 g/mol. The fourth-order valence-corrected chi connectivity index (χ4v) is 5.39. The molecule has 5 rings (SSSR count). The number of rotatable bonds is 6. The molecule has 18 heteroatoms. The molecule has 2 N–H and O–H groups in total. The number of aliphatic hydroxyl groups excluding tert-OH is 2. The standard InChI is InChI=1S/C25H20Cl3F5N6O4/c1-9(40)19-20(42-2)17(38-8-10(6-35-38)12-3-4-13(27)16(30)15(12)29)18(41)21(43-19)23-36-24(28)37-39(23)14-5-11(26)7-34-22(14)25(31,32)33/h3-9,17-21,40-41H,1-2H3/t9?,17?,18?,19?,20-,21-/m1/s1. The highest BCUT2D eigenvalue weighted by molar-refractivity contribution is 6.31. The zero-order valence-electron chi connectivity index (χ0n) is 21.8. The summed E-state index contributed by atoms with van der Waals surface area (Å²) in [7, 11) is 1.27. The van der Waals surface area contributed by atoms with E-state index < -0.39 is 81.9 Å². The zero-order chi connectivity index (χ0) is 31.4. The normalized spacial score (nSPS) is 23.5. The molecule has 1 fully saturated rings. The maximum absolute atomic E-state index is 14.7. The molecule has 4 aromatic rings. The number of nitrogens with zero attached hydrogens (tertiary/aromatic N) is 6. The summed E-state index contributed by atoms with van der Waals surface area (Å²) in [5, 5.41) is 29.2. The van der Waals surface area contributed by atoms with Gasteiger partial charge in [0.05, 0.1) is 28.0 Å². The zero-order valence-corrected chi connectivity index (χ0v) is 24.1. The van der Waals surface area contributed by atoms with Gasteiger partial charge in [0.2, 0.25) is 5.28 Å². The summed E-state index contributed by atoms with van der Waals surface area (Å²) >= 11 is 17.6. The molecule has 4 heterocycles. The first-order chi connectivity index (χ1) is 20.2. The van der Waals surface area contributed by atoms with Gasteiger partial charge in [-0.2, -0.15) is 23.3 Å². The predicted octanol–water partition coefficient (Wildman–Crippen LogP) is 5.22. The van der Waals surface area contributed by atoms with Gasteiger partial charge in [-0.15, -0.1) is 5.10 Å². The highest BCUT2D eigenvalue weighted by Crippen LogP contribution is 2.42. The van der Waals surface area contributed by atoms with Crippen LogP contribution in [-0.4, -0.2) is 71.3 Å². The molecule has 10 nitrogen and oxygen atoms in total. The van der Waals surface area contributed by atoms with Gasteiger partial charge in [0, 0.05) is 30.6 Å². The third-order valence-corrected chi connectivity index (χ3v) is 7.48. The van der Waals surface area contributed by atoms with Gasteiger partial charge in [0.25, 0.3) is 0 Å². The number of benzene rings is 1. The average molecular weight is 670 g/mol. The smallest absolute Gasteiger partial charge is 0.391 e. The molecule has 1 saturated heterocycles.